The van der Waals surface area contributed by atoms with Gasteiger partial charge >= 0.3 is 5.97 Å². The Morgan fingerprint density at radius 3 is 2.83 bits per heavy atom. The lowest BCUT2D eigenvalue weighted by Gasteiger charge is -2.16. The van der Waals surface area contributed by atoms with Gasteiger partial charge in [0.2, 0.25) is 0 Å². The van der Waals surface area contributed by atoms with Crippen LogP contribution in [0.25, 0.3) is 21.8 Å². The van der Waals surface area contributed by atoms with Gasteiger partial charge in [0.05, 0.1) is 42.0 Å². The van der Waals surface area contributed by atoms with Crippen molar-refractivity contribution < 1.29 is 19.1 Å². The predicted molar refractivity (Wildman–Crippen MR) is 134 cm³/mol. The van der Waals surface area contributed by atoms with Gasteiger partial charge < -0.3 is 14.5 Å². The molecule has 1 saturated heterocycles. The fourth-order valence-electron chi connectivity index (χ4n) is 4.55. The number of ether oxygens (including phenoxy) is 2. The smallest absolute Gasteiger partial charge is 0.337 e. The highest BCUT2D eigenvalue weighted by atomic mass is 32.2. The minimum atomic E-state index is -0.503. The number of hydrogen-bond acceptors (Lipinski definition) is 7. The summed E-state index contributed by atoms with van der Waals surface area (Å²) in [6.45, 7) is 2.92. The molecule has 8 nitrogen and oxygen atoms in total. The van der Waals surface area contributed by atoms with E-state index in [2.05, 4.69) is 4.98 Å². The van der Waals surface area contributed by atoms with Crippen LogP contribution in [0.5, 0.6) is 0 Å². The van der Waals surface area contributed by atoms with Crippen LogP contribution in [0.4, 0.5) is 0 Å². The lowest BCUT2D eigenvalue weighted by Crippen LogP contribution is -2.29. The molecule has 0 amide bonds. The standard InChI is InChI=1S/C26H25N3O5S/c1-15-23(18-7-3-4-8-20(18)27-15)22(30)14-35-26-28-21-12-16(25(32)33-2)9-10-19(21)24(31)29(26)13-17-6-5-11-34-17/h3-4,7-10,12,17,27H,5-6,11,13-14H2,1-2H3. The predicted octanol–water partition coefficient (Wildman–Crippen LogP) is 4.13. The van der Waals surface area contributed by atoms with Gasteiger partial charge in [0.25, 0.3) is 5.56 Å². The van der Waals surface area contributed by atoms with Crippen molar-refractivity contribution in [1.29, 1.82) is 0 Å². The molecule has 4 aromatic rings. The number of fused-ring (bicyclic) bond motifs is 2. The minimum absolute atomic E-state index is 0.0497. The Bertz CT molecular complexity index is 1500. The van der Waals surface area contributed by atoms with Gasteiger partial charge in [0, 0.05) is 28.8 Å². The number of ketones is 1. The first-order chi connectivity index (χ1) is 17.0. The van der Waals surface area contributed by atoms with Crippen LogP contribution in [0.3, 0.4) is 0 Å². The topological polar surface area (TPSA) is 103 Å². The fourth-order valence-corrected chi connectivity index (χ4v) is 5.43. The van der Waals surface area contributed by atoms with Crippen molar-refractivity contribution in [1.82, 2.24) is 14.5 Å². The van der Waals surface area contributed by atoms with Gasteiger partial charge in [-0.15, -0.1) is 0 Å². The molecule has 5 rings (SSSR count). The second-order valence-electron chi connectivity index (χ2n) is 8.55. The van der Waals surface area contributed by atoms with Crippen molar-refractivity contribution in [3.63, 3.8) is 0 Å². The molecule has 35 heavy (non-hydrogen) atoms. The molecule has 9 heteroatoms. The summed E-state index contributed by atoms with van der Waals surface area (Å²) in [4.78, 5) is 46.7. The third-order valence-electron chi connectivity index (χ3n) is 6.26. The molecular weight excluding hydrogens is 466 g/mol. The Kier molecular flexibility index (Phi) is 6.44. The maximum atomic E-state index is 13.4. The van der Waals surface area contributed by atoms with Gasteiger partial charge in [-0.2, -0.15) is 0 Å². The molecular formula is C26H25N3O5S. The number of rotatable bonds is 7. The summed E-state index contributed by atoms with van der Waals surface area (Å²) in [7, 11) is 1.30. The molecule has 2 aromatic carbocycles. The molecule has 180 valence electrons. The largest absolute Gasteiger partial charge is 0.465 e. The number of nitrogens with zero attached hydrogens (tertiary/aromatic N) is 2. The number of thioether (sulfide) groups is 1. The van der Waals surface area contributed by atoms with E-state index in [0.717, 1.165) is 29.4 Å². The summed E-state index contributed by atoms with van der Waals surface area (Å²) in [6.07, 6.45) is 1.74. The van der Waals surface area contributed by atoms with E-state index in [-0.39, 0.29) is 23.2 Å². The number of esters is 1. The van der Waals surface area contributed by atoms with Crippen molar-refractivity contribution in [2.24, 2.45) is 0 Å². The molecule has 1 fully saturated rings. The van der Waals surface area contributed by atoms with Crippen LogP contribution >= 0.6 is 11.8 Å². The van der Waals surface area contributed by atoms with Gasteiger partial charge in [0.15, 0.2) is 10.9 Å². The van der Waals surface area contributed by atoms with Gasteiger partial charge in [-0.3, -0.25) is 14.2 Å². The number of carbonyl (C=O) groups is 2. The maximum Gasteiger partial charge on any atom is 0.337 e. The maximum absolute atomic E-state index is 13.4. The molecule has 3 heterocycles. The van der Waals surface area contributed by atoms with E-state index >= 15 is 0 Å². The molecule has 0 spiro atoms. The monoisotopic (exact) mass is 491 g/mol. The minimum Gasteiger partial charge on any atom is -0.465 e. The zero-order valence-electron chi connectivity index (χ0n) is 19.5. The van der Waals surface area contributed by atoms with E-state index in [1.807, 2.05) is 31.2 Å². The highest BCUT2D eigenvalue weighted by molar-refractivity contribution is 7.99. The highest BCUT2D eigenvalue weighted by Crippen LogP contribution is 2.26. The van der Waals surface area contributed by atoms with E-state index in [1.165, 1.54) is 18.9 Å². The van der Waals surface area contributed by atoms with Gasteiger partial charge in [-0.1, -0.05) is 30.0 Å². The summed E-state index contributed by atoms with van der Waals surface area (Å²) in [6, 6.07) is 12.4. The number of nitrogens with one attached hydrogen (secondary N) is 1. The van der Waals surface area contributed by atoms with E-state index in [4.69, 9.17) is 14.5 Å². The number of para-hydroxylation sites is 1. The Balaban J connectivity index is 1.52. The molecule has 1 atom stereocenters. The van der Waals surface area contributed by atoms with Crippen LogP contribution in [-0.4, -0.2) is 51.9 Å². The lowest BCUT2D eigenvalue weighted by molar-refractivity contribution is 0.0600. The van der Waals surface area contributed by atoms with Crippen molar-refractivity contribution in [2.75, 3.05) is 19.5 Å². The number of aryl methyl sites for hydroxylation is 1. The van der Waals surface area contributed by atoms with Gasteiger partial charge in [-0.25, -0.2) is 9.78 Å². The number of H-pyrrole nitrogens is 1. The van der Waals surface area contributed by atoms with Crippen LogP contribution in [0.15, 0.2) is 52.4 Å². The van der Waals surface area contributed by atoms with Crippen LogP contribution in [-0.2, 0) is 16.0 Å². The Hall–Kier alpha value is -3.43. The number of hydrogen-bond donors (Lipinski definition) is 1. The molecule has 1 aliphatic rings. The van der Waals surface area contributed by atoms with E-state index in [1.54, 1.807) is 22.8 Å². The summed E-state index contributed by atoms with van der Waals surface area (Å²) in [5, 5.41) is 1.70. The molecule has 1 aliphatic heterocycles. The third kappa shape index (κ3) is 4.49. The average molecular weight is 492 g/mol. The summed E-state index contributed by atoms with van der Waals surface area (Å²) in [5.74, 6) is -0.439. The Labute approximate surface area is 205 Å². The summed E-state index contributed by atoms with van der Waals surface area (Å²) >= 11 is 1.22. The number of Topliss-reactive ketones (excluding diaryl/α,β-unsaturated/α-hetero) is 1. The van der Waals surface area contributed by atoms with E-state index in [9.17, 15) is 14.4 Å². The van der Waals surface area contributed by atoms with E-state index in [0.29, 0.717) is 40.3 Å². The van der Waals surface area contributed by atoms with Crippen molar-refractivity contribution >= 4 is 45.3 Å². The summed E-state index contributed by atoms with van der Waals surface area (Å²) < 4.78 is 12.2. The highest BCUT2D eigenvalue weighted by Gasteiger charge is 2.22. The van der Waals surface area contributed by atoms with Gasteiger partial charge in [0.1, 0.15) is 0 Å². The quantitative estimate of drug-likeness (QED) is 0.179. The molecule has 2 aromatic heterocycles. The number of methoxy groups -OCH3 is 1. The first-order valence-electron chi connectivity index (χ1n) is 11.4. The number of aromatic nitrogens is 3. The zero-order chi connectivity index (χ0) is 24.5. The normalized spacial score (nSPS) is 15.7. The summed E-state index contributed by atoms with van der Waals surface area (Å²) in [5.41, 5.74) is 2.84. The average Bonchev–Trinajstić information content (AvgIpc) is 3.50. The molecule has 1 N–H and O–H groups in total. The molecule has 1 unspecified atom stereocenters. The SMILES string of the molecule is COC(=O)c1ccc2c(=O)n(CC3CCCO3)c(SCC(=O)c3c(C)[nH]c4ccccc34)nc2c1. The fraction of sp³-hybridized carbons (Fsp3) is 0.308. The van der Waals surface area contributed by atoms with Crippen molar-refractivity contribution in [3.05, 3.63) is 69.6 Å². The lowest BCUT2D eigenvalue weighted by atomic mass is 10.1. The second kappa shape index (κ2) is 9.67. The van der Waals surface area contributed by atoms with E-state index < -0.39 is 5.97 Å². The zero-order valence-corrected chi connectivity index (χ0v) is 20.3. The van der Waals surface area contributed by atoms with Crippen LogP contribution in [0, 0.1) is 6.92 Å². The number of carbonyl (C=O) groups excluding carboxylic acids is 2. The number of benzene rings is 2. The Morgan fingerprint density at radius 2 is 2.06 bits per heavy atom. The first-order valence-corrected chi connectivity index (χ1v) is 12.4. The van der Waals surface area contributed by atoms with Crippen molar-refractivity contribution in [3.8, 4) is 0 Å². The van der Waals surface area contributed by atoms with Crippen LogP contribution in [0.2, 0.25) is 0 Å². The molecule has 0 radical (unpaired) electrons. The number of aromatic amines is 1. The second-order valence-corrected chi connectivity index (χ2v) is 9.49. The molecule has 0 aliphatic carbocycles. The van der Waals surface area contributed by atoms with Gasteiger partial charge in [-0.05, 0) is 44.0 Å². The molecule has 0 bridgehead atoms. The molecule has 0 saturated carbocycles. The first kappa shape index (κ1) is 23.3. The van der Waals surface area contributed by atoms with Crippen LogP contribution in [0.1, 0.15) is 39.3 Å². The Morgan fingerprint density at radius 1 is 1.23 bits per heavy atom. The van der Waals surface area contributed by atoms with Crippen molar-refractivity contribution in [2.45, 2.75) is 37.6 Å². The third-order valence-corrected chi connectivity index (χ3v) is 7.23. The van der Waals surface area contributed by atoms with Crippen LogP contribution < -0.4 is 5.56 Å².